The van der Waals surface area contributed by atoms with Crippen LogP contribution in [0.3, 0.4) is 0 Å². The Hall–Kier alpha value is -4.18. The Balaban J connectivity index is 1.95. The largest absolute Gasteiger partial charge is 0.545 e. The Labute approximate surface area is 153 Å². The van der Waals surface area contributed by atoms with Gasteiger partial charge in [-0.3, -0.25) is 10.1 Å². The molecule has 1 heterocycles. The summed E-state index contributed by atoms with van der Waals surface area (Å²) in [5.74, 6) is -0.520. The maximum Gasteiger partial charge on any atom is 0.270 e. The van der Waals surface area contributed by atoms with Crippen molar-refractivity contribution in [3.05, 3.63) is 87.7 Å². The highest BCUT2D eigenvalue weighted by Gasteiger charge is 2.10. The predicted molar refractivity (Wildman–Crippen MR) is 95.1 cm³/mol. The summed E-state index contributed by atoms with van der Waals surface area (Å²) in [5, 5.41) is 31.3. The Morgan fingerprint density at radius 2 is 1.81 bits per heavy atom. The number of carbonyl (C=O) groups excluding carboxylic acids is 1. The van der Waals surface area contributed by atoms with Gasteiger partial charge in [-0.05, 0) is 35.4 Å². The van der Waals surface area contributed by atoms with E-state index in [1.54, 1.807) is 30.3 Å². The van der Waals surface area contributed by atoms with E-state index in [9.17, 15) is 25.3 Å². The lowest BCUT2D eigenvalue weighted by atomic mass is 10.1. The lowest BCUT2D eigenvalue weighted by molar-refractivity contribution is -0.384. The molecule has 0 bridgehead atoms. The zero-order valence-electron chi connectivity index (χ0n) is 13.8. The molecule has 0 atom stereocenters. The fraction of sp³-hybridized carbons (Fsp3) is 0. The number of hydrogen-bond donors (Lipinski definition) is 0. The molecular formula is C20H11N2O5-. The fourth-order valence-corrected chi connectivity index (χ4v) is 2.49. The van der Waals surface area contributed by atoms with Crippen molar-refractivity contribution in [2.45, 2.75) is 0 Å². The van der Waals surface area contributed by atoms with Gasteiger partial charge in [0.15, 0.2) is 0 Å². The van der Waals surface area contributed by atoms with E-state index in [2.05, 4.69) is 0 Å². The molecule has 0 saturated heterocycles. The molecule has 0 spiro atoms. The normalized spacial score (nSPS) is 11.0. The number of rotatable bonds is 5. The molecule has 0 aliphatic carbocycles. The van der Waals surface area contributed by atoms with Gasteiger partial charge in [-0.15, -0.1) is 0 Å². The molecule has 0 unspecified atom stereocenters. The van der Waals surface area contributed by atoms with Crippen LogP contribution in [0.4, 0.5) is 5.69 Å². The molecule has 7 heteroatoms. The highest BCUT2D eigenvalue weighted by Crippen LogP contribution is 2.27. The molecule has 3 rings (SSSR count). The minimum atomic E-state index is -1.29. The maximum atomic E-state index is 11.0. The van der Waals surface area contributed by atoms with Crippen LogP contribution in [-0.4, -0.2) is 10.9 Å². The van der Waals surface area contributed by atoms with Gasteiger partial charge in [0.1, 0.15) is 11.5 Å². The Morgan fingerprint density at radius 1 is 1.07 bits per heavy atom. The Morgan fingerprint density at radius 3 is 2.52 bits per heavy atom. The van der Waals surface area contributed by atoms with Crippen molar-refractivity contribution < 1.29 is 19.2 Å². The summed E-state index contributed by atoms with van der Waals surface area (Å²) >= 11 is 0. The summed E-state index contributed by atoms with van der Waals surface area (Å²) in [6.07, 6.45) is 1.46. The zero-order chi connectivity index (χ0) is 19.4. The zero-order valence-corrected chi connectivity index (χ0v) is 13.8. The first-order valence-electron chi connectivity index (χ1n) is 7.76. The number of nitro benzene ring substituents is 1. The minimum Gasteiger partial charge on any atom is -0.545 e. The standard InChI is InChI=1S/C20H12N2O5/c21-12-16(13-3-2-6-17(10-13)22(25)26)11-18-7-8-19(27-18)14-4-1-5-15(9-14)20(23)24/h1-11H,(H,23,24)/p-1/b16-11+. The van der Waals surface area contributed by atoms with Gasteiger partial charge in [0.25, 0.3) is 5.69 Å². The molecule has 27 heavy (non-hydrogen) atoms. The first-order valence-corrected chi connectivity index (χ1v) is 7.76. The second-order valence-corrected chi connectivity index (χ2v) is 5.55. The van der Waals surface area contributed by atoms with Gasteiger partial charge in [-0.2, -0.15) is 5.26 Å². The quantitative estimate of drug-likeness (QED) is 0.391. The van der Waals surface area contributed by atoms with Crippen LogP contribution >= 0.6 is 0 Å². The Kier molecular flexibility index (Phi) is 4.82. The van der Waals surface area contributed by atoms with E-state index >= 15 is 0 Å². The molecule has 0 N–H and O–H groups in total. The number of allylic oxidation sites excluding steroid dienone is 1. The molecule has 1 aromatic heterocycles. The molecule has 7 nitrogen and oxygen atoms in total. The van der Waals surface area contributed by atoms with Crippen molar-refractivity contribution in [1.29, 1.82) is 5.26 Å². The van der Waals surface area contributed by atoms with Crippen LogP contribution in [0, 0.1) is 21.4 Å². The lowest BCUT2D eigenvalue weighted by Crippen LogP contribution is -2.22. The van der Waals surface area contributed by atoms with Gasteiger partial charge in [0.05, 0.1) is 22.5 Å². The van der Waals surface area contributed by atoms with Crippen LogP contribution < -0.4 is 5.11 Å². The van der Waals surface area contributed by atoms with Crippen LogP contribution in [0.2, 0.25) is 0 Å². The van der Waals surface area contributed by atoms with Gasteiger partial charge >= 0.3 is 0 Å². The monoisotopic (exact) mass is 359 g/mol. The number of furan rings is 1. The average molecular weight is 359 g/mol. The van der Waals surface area contributed by atoms with Crippen molar-refractivity contribution in [1.82, 2.24) is 0 Å². The van der Waals surface area contributed by atoms with E-state index in [-0.39, 0.29) is 16.8 Å². The highest BCUT2D eigenvalue weighted by atomic mass is 16.6. The van der Waals surface area contributed by atoms with Crippen LogP contribution in [0.5, 0.6) is 0 Å². The summed E-state index contributed by atoms with van der Waals surface area (Å²) in [6.45, 7) is 0. The van der Waals surface area contributed by atoms with Crippen LogP contribution in [0.25, 0.3) is 23.0 Å². The van der Waals surface area contributed by atoms with E-state index in [4.69, 9.17) is 4.42 Å². The number of carboxylic acid groups (broad SMARTS) is 1. The fourth-order valence-electron chi connectivity index (χ4n) is 2.49. The topological polar surface area (TPSA) is 120 Å². The molecular weight excluding hydrogens is 348 g/mol. The number of carbonyl (C=O) groups is 1. The first-order chi connectivity index (χ1) is 13.0. The molecule has 0 fully saturated rings. The highest BCUT2D eigenvalue weighted by molar-refractivity contribution is 5.90. The number of carboxylic acids is 1. The number of nitro groups is 1. The summed E-state index contributed by atoms with van der Waals surface area (Å²) in [6, 6.07) is 17.1. The van der Waals surface area contributed by atoms with Crippen molar-refractivity contribution in [3.8, 4) is 17.4 Å². The third-order valence-electron chi connectivity index (χ3n) is 3.78. The molecule has 0 saturated carbocycles. The van der Waals surface area contributed by atoms with Gasteiger partial charge in [0.2, 0.25) is 0 Å². The van der Waals surface area contributed by atoms with Gasteiger partial charge in [0, 0.05) is 17.7 Å². The van der Waals surface area contributed by atoms with E-state index < -0.39 is 10.9 Å². The van der Waals surface area contributed by atoms with Gasteiger partial charge < -0.3 is 14.3 Å². The Bertz CT molecular complexity index is 1110. The van der Waals surface area contributed by atoms with Crippen LogP contribution in [0.1, 0.15) is 21.7 Å². The minimum absolute atomic E-state index is 0.0234. The van der Waals surface area contributed by atoms with Gasteiger partial charge in [-0.1, -0.05) is 30.3 Å². The summed E-state index contributed by atoms with van der Waals surface area (Å²) in [7, 11) is 0. The SMILES string of the molecule is N#C/C(=C\c1ccc(-c2cccc(C(=O)[O-])c2)o1)c1cccc([N+](=O)[O-])c1. The number of hydrogen-bond acceptors (Lipinski definition) is 6. The average Bonchev–Trinajstić information content (AvgIpc) is 3.15. The van der Waals surface area contributed by atoms with Crippen molar-refractivity contribution in [2.75, 3.05) is 0 Å². The van der Waals surface area contributed by atoms with Crippen molar-refractivity contribution >= 4 is 23.3 Å². The summed E-state index contributed by atoms with van der Waals surface area (Å²) in [5.41, 5.74) is 1.04. The van der Waals surface area contributed by atoms with E-state index in [0.29, 0.717) is 22.6 Å². The van der Waals surface area contributed by atoms with Gasteiger partial charge in [-0.25, -0.2) is 0 Å². The third kappa shape index (κ3) is 3.91. The molecule has 0 amide bonds. The summed E-state index contributed by atoms with van der Waals surface area (Å²) < 4.78 is 5.66. The first kappa shape index (κ1) is 17.6. The number of nitriles is 1. The molecule has 0 aliphatic heterocycles. The third-order valence-corrected chi connectivity index (χ3v) is 3.78. The van der Waals surface area contributed by atoms with Crippen LogP contribution in [0.15, 0.2) is 65.1 Å². The molecule has 0 radical (unpaired) electrons. The smallest absolute Gasteiger partial charge is 0.270 e. The van der Waals surface area contributed by atoms with Crippen molar-refractivity contribution in [3.63, 3.8) is 0 Å². The second kappa shape index (κ2) is 7.37. The van der Waals surface area contributed by atoms with E-state index in [0.717, 1.165) is 0 Å². The van der Waals surface area contributed by atoms with Crippen molar-refractivity contribution in [2.24, 2.45) is 0 Å². The van der Waals surface area contributed by atoms with Crippen LogP contribution in [-0.2, 0) is 0 Å². The number of nitrogens with zero attached hydrogens (tertiary/aromatic N) is 2. The molecule has 132 valence electrons. The number of benzene rings is 2. The molecule has 2 aromatic carbocycles. The second-order valence-electron chi connectivity index (χ2n) is 5.55. The van der Waals surface area contributed by atoms with E-state index in [1.165, 1.54) is 36.4 Å². The van der Waals surface area contributed by atoms with E-state index in [1.807, 2.05) is 6.07 Å². The lowest BCUT2D eigenvalue weighted by Gasteiger charge is -2.03. The maximum absolute atomic E-state index is 11.0. The molecule has 3 aromatic rings. The molecule has 0 aliphatic rings. The predicted octanol–water partition coefficient (Wildman–Crippen LogP) is 3.28. The number of aromatic carboxylic acids is 1. The summed E-state index contributed by atoms with van der Waals surface area (Å²) in [4.78, 5) is 21.3. The number of non-ortho nitro benzene ring substituents is 1.